The fourth-order valence-electron chi connectivity index (χ4n) is 3.87. The van der Waals surface area contributed by atoms with E-state index in [9.17, 15) is 9.18 Å². The lowest BCUT2D eigenvalue weighted by molar-refractivity contribution is -0.119. The van der Waals surface area contributed by atoms with E-state index in [2.05, 4.69) is 4.90 Å². The molecule has 0 aliphatic carbocycles. The van der Waals surface area contributed by atoms with Gasteiger partial charge < -0.3 is 15.2 Å². The molecule has 1 aliphatic rings. The van der Waals surface area contributed by atoms with Gasteiger partial charge in [0.2, 0.25) is 0 Å². The van der Waals surface area contributed by atoms with Crippen molar-refractivity contribution in [3.05, 3.63) is 59.4 Å². The van der Waals surface area contributed by atoms with Crippen molar-refractivity contribution in [3.63, 3.8) is 0 Å². The molecular weight excluding hydrogens is 371 g/mol. The smallest absolute Gasteiger partial charge is 0.255 e. The fourth-order valence-corrected chi connectivity index (χ4v) is 3.87. The molecule has 1 aliphatic heterocycles. The second-order valence-corrected chi connectivity index (χ2v) is 7.36. The summed E-state index contributed by atoms with van der Waals surface area (Å²) in [5.74, 6) is 0.385. The van der Waals surface area contributed by atoms with Crippen molar-refractivity contribution in [2.45, 2.75) is 45.2 Å². The largest absolute Gasteiger partial charge is 0.490 e. The normalized spacial score (nSPS) is 17.5. The van der Waals surface area contributed by atoms with E-state index in [1.165, 1.54) is 12.5 Å². The second kappa shape index (κ2) is 10.3. The number of primary amides is 1. The number of hydrogen-bond acceptors (Lipinski definition) is 4. The van der Waals surface area contributed by atoms with E-state index >= 15 is 0 Å². The lowest BCUT2D eigenvalue weighted by Gasteiger charge is -2.30. The van der Waals surface area contributed by atoms with Crippen molar-refractivity contribution in [1.29, 1.82) is 0 Å². The molecule has 0 saturated carbocycles. The molecule has 29 heavy (non-hydrogen) atoms. The minimum absolute atomic E-state index is 0.187. The first kappa shape index (κ1) is 21.1. The Morgan fingerprint density at radius 3 is 2.76 bits per heavy atom. The Morgan fingerprint density at radius 1 is 1.14 bits per heavy atom. The maximum absolute atomic E-state index is 13.8. The maximum Gasteiger partial charge on any atom is 0.255 e. The number of ether oxygens (including phenoxy) is 2. The number of benzene rings is 2. The van der Waals surface area contributed by atoms with Crippen molar-refractivity contribution in [2.75, 3.05) is 19.8 Å². The number of hydrogen-bond donors (Lipinski definition) is 1. The molecule has 1 atom stereocenters. The molecule has 6 heteroatoms. The number of carbonyl (C=O) groups is 1. The highest BCUT2D eigenvalue weighted by atomic mass is 19.1. The predicted octanol–water partition coefficient (Wildman–Crippen LogP) is 4.21. The van der Waals surface area contributed by atoms with E-state index in [0.29, 0.717) is 18.1 Å². The van der Waals surface area contributed by atoms with Crippen LogP contribution in [0.2, 0.25) is 0 Å². The zero-order valence-electron chi connectivity index (χ0n) is 16.9. The van der Waals surface area contributed by atoms with Crippen LogP contribution in [-0.2, 0) is 11.3 Å². The summed E-state index contributed by atoms with van der Waals surface area (Å²) >= 11 is 0. The molecule has 0 aromatic heterocycles. The molecule has 1 amide bonds. The van der Waals surface area contributed by atoms with Gasteiger partial charge >= 0.3 is 0 Å². The highest BCUT2D eigenvalue weighted by Crippen LogP contribution is 2.34. The van der Waals surface area contributed by atoms with E-state index in [4.69, 9.17) is 15.2 Å². The summed E-state index contributed by atoms with van der Waals surface area (Å²) in [5, 5.41) is 0. The molecule has 2 aromatic carbocycles. The summed E-state index contributed by atoms with van der Waals surface area (Å²) in [7, 11) is 0. The fraction of sp³-hybridized carbons (Fsp3) is 0.435. The molecule has 5 nitrogen and oxygen atoms in total. The third kappa shape index (κ3) is 5.94. The summed E-state index contributed by atoms with van der Waals surface area (Å²) in [6, 6.07) is 12.9. The monoisotopic (exact) mass is 400 g/mol. The van der Waals surface area contributed by atoms with E-state index in [1.54, 1.807) is 12.1 Å². The molecular formula is C23H29FN2O3. The van der Waals surface area contributed by atoms with Crippen LogP contribution in [0.15, 0.2) is 42.5 Å². The van der Waals surface area contributed by atoms with Crippen LogP contribution in [0, 0.1) is 5.82 Å². The Morgan fingerprint density at radius 2 is 2.00 bits per heavy atom. The molecule has 0 radical (unpaired) electrons. The van der Waals surface area contributed by atoms with Crippen LogP contribution in [0.1, 0.15) is 49.8 Å². The van der Waals surface area contributed by atoms with Gasteiger partial charge in [0.15, 0.2) is 18.1 Å². The van der Waals surface area contributed by atoms with Gasteiger partial charge in [-0.05, 0) is 61.7 Å². The molecule has 2 N–H and O–H groups in total. The maximum atomic E-state index is 13.8. The van der Waals surface area contributed by atoms with Gasteiger partial charge in [0, 0.05) is 12.6 Å². The SMILES string of the molecule is CCOc1cc(CN2CCCCC[C@@H]2c2cccc(F)c2)ccc1OCC(N)=O. The molecule has 1 heterocycles. The van der Waals surface area contributed by atoms with Crippen molar-refractivity contribution < 1.29 is 18.7 Å². The molecule has 0 unspecified atom stereocenters. The number of nitrogens with two attached hydrogens (primary N) is 1. The number of halogens is 1. The Kier molecular flexibility index (Phi) is 7.47. The Balaban J connectivity index is 1.81. The molecule has 156 valence electrons. The van der Waals surface area contributed by atoms with Gasteiger partial charge in [0.25, 0.3) is 5.91 Å². The van der Waals surface area contributed by atoms with Crippen LogP contribution in [0.25, 0.3) is 0 Å². The van der Waals surface area contributed by atoms with Crippen LogP contribution < -0.4 is 15.2 Å². The molecule has 1 saturated heterocycles. The van der Waals surface area contributed by atoms with Crippen LogP contribution in [-0.4, -0.2) is 30.6 Å². The zero-order valence-corrected chi connectivity index (χ0v) is 16.9. The van der Waals surface area contributed by atoms with E-state index in [-0.39, 0.29) is 18.5 Å². The minimum Gasteiger partial charge on any atom is -0.490 e. The van der Waals surface area contributed by atoms with Gasteiger partial charge in [0.1, 0.15) is 5.82 Å². The van der Waals surface area contributed by atoms with Crippen LogP contribution in [0.5, 0.6) is 11.5 Å². The lowest BCUT2D eigenvalue weighted by atomic mass is 10.00. The van der Waals surface area contributed by atoms with Gasteiger partial charge in [-0.3, -0.25) is 9.69 Å². The number of carbonyl (C=O) groups excluding carboxylic acids is 1. The molecule has 0 spiro atoms. The second-order valence-electron chi connectivity index (χ2n) is 7.36. The van der Waals surface area contributed by atoms with Gasteiger partial charge in [-0.25, -0.2) is 4.39 Å². The molecule has 2 aromatic rings. The average molecular weight is 400 g/mol. The molecule has 0 bridgehead atoms. The van der Waals surface area contributed by atoms with Crippen LogP contribution in [0.4, 0.5) is 4.39 Å². The van der Waals surface area contributed by atoms with Crippen LogP contribution in [0.3, 0.4) is 0 Å². The molecule has 1 fully saturated rings. The lowest BCUT2D eigenvalue weighted by Crippen LogP contribution is -2.28. The third-order valence-electron chi connectivity index (χ3n) is 5.16. The standard InChI is InChI=1S/C23H29FN2O3/c1-2-28-22-13-17(10-11-21(22)29-16-23(25)27)15-26-12-5-3-4-9-20(26)18-7-6-8-19(24)14-18/h6-8,10-11,13-14,20H,2-5,9,12,15-16H2,1H3,(H2,25,27)/t20-/m1/s1. The Bertz CT molecular complexity index is 828. The topological polar surface area (TPSA) is 64.8 Å². The third-order valence-corrected chi connectivity index (χ3v) is 5.16. The summed E-state index contributed by atoms with van der Waals surface area (Å²) in [6.45, 7) is 3.90. The highest BCUT2D eigenvalue weighted by molar-refractivity contribution is 5.75. The number of nitrogens with zero attached hydrogens (tertiary/aromatic N) is 1. The Hall–Kier alpha value is -2.60. The van der Waals surface area contributed by atoms with Crippen molar-refractivity contribution in [1.82, 2.24) is 4.90 Å². The summed E-state index contributed by atoms with van der Waals surface area (Å²) in [6.07, 6.45) is 4.47. The summed E-state index contributed by atoms with van der Waals surface area (Å²) < 4.78 is 25.0. The number of amides is 1. The summed E-state index contributed by atoms with van der Waals surface area (Å²) in [4.78, 5) is 13.4. The number of likely N-dealkylation sites (tertiary alicyclic amines) is 1. The van der Waals surface area contributed by atoms with Gasteiger partial charge in [-0.1, -0.05) is 31.0 Å². The van der Waals surface area contributed by atoms with Gasteiger partial charge in [-0.2, -0.15) is 0 Å². The highest BCUT2D eigenvalue weighted by Gasteiger charge is 2.23. The first-order valence-electron chi connectivity index (χ1n) is 10.2. The summed E-state index contributed by atoms with van der Waals surface area (Å²) in [5.41, 5.74) is 7.29. The zero-order chi connectivity index (χ0) is 20.6. The quantitative estimate of drug-likeness (QED) is 0.721. The van der Waals surface area contributed by atoms with E-state index in [0.717, 1.165) is 43.5 Å². The van der Waals surface area contributed by atoms with E-state index < -0.39 is 5.91 Å². The average Bonchev–Trinajstić information content (AvgIpc) is 2.93. The first-order valence-corrected chi connectivity index (χ1v) is 10.2. The van der Waals surface area contributed by atoms with Crippen LogP contribution >= 0.6 is 0 Å². The first-order chi connectivity index (χ1) is 14.1. The van der Waals surface area contributed by atoms with Gasteiger partial charge in [-0.15, -0.1) is 0 Å². The van der Waals surface area contributed by atoms with Crippen molar-refractivity contribution >= 4 is 5.91 Å². The number of rotatable bonds is 8. The minimum atomic E-state index is -0.529. The predicted molar refractivity (Wildman–Crippen MR) is 110 cm³/mol. The van der Waals surface area contributed by atoms with E-state index in [1.807, 2.05) is 31.2 Å². The molecule has 3 rings (SSSR count). The van der Waals surface area contributed by atoms with Crippen molar-refractivity contribution in [3.8, 4) is 11.5 Å². The van der Waals surface area contributed by atoms with Crippen molar-refractivity contribution in [2.24, 2.45) is 5.73 Å². The van der Waals surface area contributed by atoms with Gasteiger partial charge in [0.05, 0.1) is 6.61 Å². The Labute approximate surface area is 171 Å².